The van der Waals surface area contributed by atoms with Gasteiger partial charge in [-0.15, -0.1) is 0 Å². The van der Waals surface area contributed by atoms with E-state index in [0.717, 1.165) is 60.2 Å². The van der Waals surface area contributed by atoms with E-state index in [9.17, 15) is 5.11 Å². The first-order chi connectivity index (χ1) is 14.8. The summed E-state index contributed by atoms with van der Waals surface area (Å²) in [5.74, 6) is 1.15. The van der Waals surface area contributed by atoms with Gasteiger partial charge in [0.25, 0.3) is 0 Å². The molecule has 0 radical (unpaired) electrons. The van der Waals surface area contributed by atoms with Crippen molar-refractivity contribution < 1.29 is 5.11 Å². The monoisotopic (exact) mass is 457 g/mol. The Balaban J connectivity index is 1.44. The van der Waals surface area contributed by atoms with E-state index < -0.39 is 5.60 Å². The van der Waals surface area contributed by atoms with E-state index >= 15 is 0 Å². The molecule has 3 heterocycles. The highest BCUT2D eigenvalue weighted by Gasteiger charge is 2.48. The normalized spacial score (nSPS) is 21.4. The number of pyridine rings is 1. The van der Waals surface area contributed by atoms with Crippen LogP contribution in [0.3, 0.4) is 0 Å². The van der Waals surface area contributed by atoms with E-state index in [1.54, 1.807) is 6.20 Å². The van der Waals surface area contributed by atoms with Gasteiger partial charge in [-0.25, -0.2) is 15.0 Å². The van der Waals surface area contributed by atoms with Crippen LogP contribution in [0.15, 0.2) is 33.8 Å². The average Bonchev–Trinajstić information content (AvgIpc) is 3.40. The van der Waals surface area contributed by atoms with Gasteiger partial charge in [-0.05, 0) is 63.9 Å². The van der Waals surface area contributed by atoms with Crippen LogP contribution in [0.25, 0.3) is 0 Å². The molecule has 2 aliphatic carbocycles. The summed E-state index contributed by atoms with van der Waals surface area (Å²) >= 11 is 7.76. The fourth-order valence-corrected chi connectivity index (χ4v) is 5.89. The predicted octanol–water partition coefficient (Wildman–Crippen LogP) is 4.87. The third-order valence-corrected chi connectivity index (χ3v) is 8.57. The Labute approximate surface area is 192 Å². The molecule has 0 amide bonds. The zero-order chi connectivity index (χ0) is 21.8. The molecule has 31 heavy (non-hydrogen) atoms. The molecule has 6 nitrogen and oxygen atoms in total. The minimum absolute atomic E-state index is 0.300. The predicted molar refractivity (Wildman–Crippen MR) is 125 cm³/mol. The molecule has 2 aromatic rings. The fraction of sp³-hybridized carbons (Fsp3) is 0.522. The van der Waals surface area contributed by atoms with Gasteiger partial charge in [-0.1, -0.05) is 35.0 Å². The number of hydrogen-bond donors (Lipinski definition) is 2. The van der Waals surface area contributed by atoms with E-state index in [1.807, 2.05) is 13.0 Å². The molecule has 1 aliphatic heterocycles. The topological polar surface area (TPSA) is 88.2 Å². The number of hydrogen-bond acceptors (Lipinski definition) is 7. The highest BCUT2D eigenvalue weighted by atomic mass is 35.5. The molecular formula is C23H28ClN5OS. The van der Waals surface area contributed by atoms with E-state index in [1.165, 1.54) is 30.2 Å². The summed E-state index contributed by atoms with van der Waals surface area (Å²) in [4.78, 5) is 17.0. The number of aromatic nitrogens is 3. The maximum atomic E-state index is 11.0. The number of anilines is 2. The Morgan fingerprint density at radius 1 is 1.16 bits per heavy atom. The van der Waals surface area contributed by atoms with Gasteiger partial charge in [0, 0.05) is 24.2 Å². The maximum absolute atomic E-state index is 11.0. The first-order valence-electron chi connectivity index (χ1n) is 10.9. The highest BCUT2D eigenvalue weighted by Crippen LogP contribution is 2.51. The van der Waals surface area contributed by atoms with Crippen molar-refractivity contribution in [2.45, 2.75) is 67.9 Å². The Bertz CT molecular complexity index is 1060. The lowest BCUT2D eigenvalue weighted by Gasteiger charge is -2.41. The van der Waals surface area contributed by atoms with Crippen LogP contribution in [0.5, 0.6) is 0 Å². The van der Waals surface area contributed by atoms with Crippen molar-refractivity contribution in [1.82, 2.24) is 15.0 Å². The summed E-state index contributed by atoms with van der Waals surface area (Å²) in [5.41, 5.74) is 8.47. The Morgan fingerprint density at radius 2 is 1.90 bits per heavy atom. The van der Waals surface area contributed by atoms with E-state index in [-0.39, 0.29) is 0 Å². The van der Waals surface area contributed by atoms with Crippen molar-refractivity contribution in [3.63, 3.8) is 0 Å². The molecule has 2 aromatic heterocycles. The third-order valence-electron chi connectivity index (χ3n) is 6.92. The fourth-order valence-electron chi connectivity index (χ4n) is 4.80. The number of aliphatic hydroxyl groups is 1. The molecule has 0 atom stereocenters. The number of nitrogens with two attached hydrogens (primary N) is 1. The zero-order valence-electron chi connectivity index (χ0n) is 18.0. The summed E-state index contributed by atoms with van der Waals surface area (Å²) in [7, 11) is 0. The zero-order valence-corrected chi connectivity index (χ0v) is 19.6. The van der Waals surface area contributed by atoms with E-state index in [0.29, 0.717) is 21.9 Å². The van der Waals surface area contributed by atoms with Crippen LogP contribution in [-0.2, 0) is 5.60 Å². The van der Waals surface area contributed by atoms with Gasteiger partial charge < -0.3 is 15.7 Å². The van der Waals surface area contributed by atoms with Crippen molar-refractivity contribution in [3.8, 4) is 0 Å². The lowest BCUT2D eigenvalue weighted by atomic mass is 9.75. The summed E-state index contributed by atoms with van der Waals surface area (Å²) in [6, 6.07) is 1.83. The minimum Gasteiger partial charge on any atom is -0.383 e. The molecule has 1 saturated heterocycles. The summed E-state index contributed by atoms with van der Waals surface area (Å²) < 4.78 is 0. The number of nitrogen functional groups attached to an aromatic ring is 1. The molecule has 164 valence electrons. The van der Waals surface area contributed by atoms with Gasteiger partial charge in [0.2, 0.25) is 0 Å². The molecule has 2 fully saturated rings. The van der Waals surface area contributed by atoms with E-state index in [4.69, 9.17) is 27.3 Å². The molecule has 0 bridgehead atoms. The van der Waals surface area contributed by atoms with Crippen LogP contribution in [0.4, 0.5) is 11.6 Å². The number of allylic oxidation sites excluding steroid dienone is 2. The molecular weight excluding hydrogens is 430 g/mol. The molecule has 1 saturated carbocycles. The summed E-state index contributed by atoms with van der Waals surface area (Å²) in [6.45, 7) is 6.12. The molecule has 5 rings (SSSR count). The first kappa shape index (κ1) is 21.0. The van der Waals surface area contributed by atoms with Crippen molar-refractivity contribution in [2.24, 2.45) is 5.41 Å². The first-order valence-corrected chi connectivity index (χ1v) is 12.1. The smallest absolute Gasteiger partial charge is 0.153 e. The Hall–Kier alpha value is -1.83. The highest BCUT2D eigenvalue weighted by molar-refractivity contribution is 7.99. The molecule has 0 aromatic carbocycles. The second-order valence-electron chi connectivity index (χ2n) is 9.35. The quantitative estimate of drug-likeness (QED) is 0.632. The standard InChI is InChI=1S/C23H28ClN5OS/c1-14-3-5-22(13-14)8-11-29(12-9-22)20-18(23(30)6-7-23)28-21(15(2)27-20)31-16-4-10-26-19(25)17(16)24/h3-4,10,30H,5-9,11-13H2,1-2H3,(H2,25,26). The van der Waals surface area contributed by atoms with Crippen molar-refractivity contribution in [2.75, 3.05) is 23.7 Å². The van der Waals surface area contributed by atoms with E-state index in [2.05, 4.69) is 22.9 Å². The summed E-state index contributed by atoms with van der Waals surface area (Å²) in [5, 5.41) is 12.2. The molecule has 3 aliphatic rings. The lowest BCUT2D eigenvalue weighted by Crippen LogP contribution is -2.40. The van der Waals surface area contributed by atoms with Crippen LogP contribution in [-0.4, -0.2) is 33.1 Å². The SMILES string of the molecule is CC1=CCC2(CCN(c3nc(C)c(Sc4ccnc(N)c4Cl)nc3C3(O)CC3)CC2)C1. The second kappa shape index (κ2) is 7.64. The Kier molecular flexibility index (Phi) is 5.19. The van der Waals surface area contributed by atoms with Gasteiger partial charge in [0.1, 0.15) is 22.1 Å². The largest absolute Gasteiger partial charge is 0.383 e. The number of nitrogens with zero attached hydrogens (tertiary/aromatic N) is 4. The van der Waals surface area contributed by atoms with Crippen LogP contribution in [0.2, 0.25) is 5.02 Å². The molecule has 3 N–H and O–H groups in total. The van der Waals surface area contributed by atoms with Crippen LogP contribution >= 0.6 is 23.4 Å². The van der Waals surface area contributed by atoms with Gasteiger partial charge >= 0.3 is 0 Å². The van der Waals surface area contributed by atoms with Crippen molar-refractivity contribution >= 4 is 35.0 Å². The average molecular weight is 458 g/mol. The van der Waals surface area contributed by atoms with Gasteiger partial charge in [0.05, 0.1) is 10.7 Å². The van der Waals surface area contributed by atoms with Gasteiger partial charge in [-0.3, -0.25) is 0 Å². The third kappa shape index (κ3) is 3.92. The number of rotatable bonds is 4. The molecule has 1 spiro atoms. The van der Waals surface area contributed by atoms with Crippen molar-refractivity contribution in [3.05, 3.63) is 40.3 Å². The van der Waals surface area contributed by atoms with Crippen LogP contribution < -0.4 is 10.6 Å². The maximum Gasteiger partial charge on any atom is 0.153 e. The number of aryl methyl sites for hydroxylation is 1. The number of piperidine rings is 1. The summed E-state index contributed by atoms with van der Waals surface area (Å²) in [6.07, 6.45) is 10.2. The molecule has 0 unspecified atom stereocenters. The molecule has 8 heteroatoms. The minimum atomic E-state index is -0.868. The Morgan fingerprint density at radius 3 is 2.55 bits per heavy atom. The van der Waals surface area contributed by atoms with Crippen molar-refractivity contribution in [1.29, 1.82) is 0 Å². The van der Waals surface area contributed by atoms with Gasteiger partial charge in [-0.2, -0.15) is 0 Å². The van der Waals surface area contributed by atoms with Crippen LogP contribution in [0, 0.1) is 12.3 Å². The lowest BCUT2D eigenvalue weighted by molar-refractivity contribution is 0.145. The van der Waals surface area contributed by atoms with Gasteiger partial charge in [0.15, 0.2) is 5.82 Å². The number of halogens is 1. The second-order valence-corrected chi connectivity index (χ2v) is 10.8. The van der Waals surface area contributed by atoms with Crippen LogP contribution in [0.1, 0.15) is 56.8 Å².